The third-order valence-corrected chi connectivity index (χ3v) is 10.0. The first-order valence-corrected chi connectivity index (χ1v) is 19.3. The molecular formula is C41H56N6O13. The molecule has 19 heteroatoms. The maximum atomic E-state index is 13.1. The zero-order valence-corrected chi connectivity index (χ0v) is 35.8. The second-order valence-electron chi connectivity index (χ2n) is 15.0. The Morgan fingerprint density at radius 1 is 0.667 bits per heavy atom. The number of aromatic nitrogens is 4. The molecule has 0 amide bonds. The highest BCUT2D eigenvalue weighted by molar-refractivity contribution is 5.90. The second-order valence-corrected chi connectivity index (χ2v) is 15.0. The van der Waals surface area contributed by atoms with Crippen molar-refractivity contribution >= 4 is 57.3 Å². The lowest BCUT2D eigenvalue weighted by Crippen LogP contribution is -2.42. The molecule has 6 atom stereocenters. The van der Waals surface area contributed by atoms with E-state index in [1.807, 2.05) is 58.8 Å². The Bertz CT molecular complexity index is 2360. The average molecular weight is 841 g/mol. The maximum absolute atomic E-state index is 13.1. The topological polar surface area (TPSA) is 264 Å². The van der Waals surface area contributed by atoms with E-state index in [0.29, 0.717) is 23.0 Å². The molecule has 0 saturated carbocycles. The Hall–Kier alpha value is -5.92. The molecule has 0 aliphatic rings. The predicted molar refractivity (Wildman–Crippen MR) is 223 cm³/mol. The minimum atomic E-state index is -1.48. The Labute approximate surface area is 346 Å². The lowest BCUT2D eigenvalue weighted by Gasteiger charge is -2.30. The minimum absolute atomic E-state index is 0.132. The number of aliphatic hydroxyl groups is 3. The summed E-state index contributed by atoms with van der Waals surface area (Å²) in [5.74, 6) is -4.44. The summed E-state index contributed by atoms with van der Waals surface area (Å²) < 4.78 is 13.2. The number of rotatable bonds is 16. The number of benzene rings is 2. The van der Waals surface area contributed by atoms with Crippen LogP contribution in [0.4, 0.5) is 11.4 Å². The number of fused-ring (bicyclic) bond motifs is 2. The van der Waals surface area contributed by atoms with Crippen molar-refractivity contribution < 1.29 is 54.2 Å². The summed E-state index contributed by atoms with van der Waals surface area (Å²) in [7, 11) is 7.35. The lowest BCUT2D eigenvalue weighted by molar-refractivity contribution is -0.159. The van der Waals surface area contributed by atoms with Crippen molar-refractivity contribution in [3.63, 3.8) is 0 Å². The van der Waals surface area contributed by atoms with Crippen molar-refractivity contribution in [2.45, 2.75) is 105 Å². The van der Waals surface area contributed by atoms with Crippen LogP contribution in [0.5, 0.6) is 0 Å². The van der Waals surface area contributed by atoms with Gasteiger partial charge in [0.05, 0.1) is 41.3 Å². The van der Waals surface area contributed by atoms with Crippen LogP contribution in [-0.2, 0) is 32.2 Å². The van der Waals surface area contributed by atoms with Crippen LogP contribution in [0.15, 0.2) is 33.9 Å². The SMILES string of the molecule is CCC(O)C(O)C(O)Cn1c(=O)c(C(=O)O)nc2cc(C)c(N(C)C)cc21.CCC(OC(C)=O)C(C)C(Cn1c(=O)c(C(=O)O)nc2cc(C)c(N(C)C)cc21)OC(C)=O. The van der Waals surface area contributed by atoms with Crippen molar-refractivity contribution in [3.8, 4) is 0 Å². The fraction of sp³-hybridized carbons (Fsp3) is 0.512. The summed E-state index contributed by atoms with van der Waals surface area (Å²) in [5, 5.41) is 48.9. The lowest BCUT2D eigenvalue weighted by atomic mass is 9.95. The number of esters is 2. The van der Waals surface area contributed by atoms with E-state index in [0.717, 1.165) is 27.1 Å². The van der Waals surface area contributed by atoms with Gasteiger partial charge in [-0.05, 0) is 62.1 Å². The highest BCUT2D eigenvalue weighted by atomic mass is 16.6. The fourth-order valence-electron chi connectivity index (χ4n) is 6.88. The number of anilines is 2. The third-order valence-electron chi connectivity index (χ3n) is 10.0. The smallest absolute Gasteiger partial charge is 0.360 e. The van der Waals surface area contributed by atoms with Gasteiger partial charge in [-0.2, -0.15) is 0 Å². The number of nitrogens with zero attached hydrogens (tertiary/aromatic N) is 6. The van der Waals surface area contributed by atoms with Crippen molar-refractivity contribution in [1.29, 1.82) is 0 Å². The molecule has 0 spiro atoms. The molecule has 0 aliphatic heterocycles. The molecule has 328 valence electrons. The summed E-state index contributed by atoms with van der Waals surface area (Å²) in [4.78, 5) is 84.0. The number of hydrogen-bond acceptors (Lipinski definition) is 15. The minimum Gasteiger partial charge on any atom is -0.476 e. The number of hydrogen-bond donors (Lipinski definition) is 5. The molecule has 0 radical (unpaired) electrons. The number of aliphatic hydroxyl groups excluding tert-OH is 3. The summed E-state index contributed by atoms with van der Waals surface area (Å²) >= 11 is 0. The van der Waals surface area contributed by atoms with Gasteiger partial charge in [-0.3, -0.25) is 19.2 Å². The fourth-order valence-corrected chi connectivity index (χ4v) is 6.88. The van der Waals surface area contributed by atoms with Crippen molar-refractivity contribution in [3.05, 3.63) is 67.5 Å². The third kappa shape index (κ3) is 11.2. The van der Waals surface area contributed by atoms with Gasteiger partial charge in [0.15, 0.2) is 0 Å². The highest BCUT2D eigenvalue weighted by Gasteiger charge is 2.32. The molecular weight excluding hydrogens is 784 g/mol. The van der Waals surface area contributed by atoms with Crippen LogP contribution in [-0.4, -0.2) is 127 Å². The van der Waals surface area contributed by atoms with E-state index in [4.69, 9.17) is 9.47 Å². The van der Waals surface area contributed by atoms with Crippen molar-refractivity contribution in [2.24, 2.45) is 5.92 Å². The summed E-state index contributed by atoms with van der Waals surface area (Å²) in [6.45, 7) is 11.0. The second kappa shape index (κ2) is 20.4. The molecule has 0 saturated heterocycles. The van der Waals surface area contributed by atoms with E-state index in [-0.39, 0.29) is 25.0 Å². The van der Waals surface area contributed by atoms with Gasteiger partial charge in [0.2, 0.25) is 11.4 Å². The first-order valence-electron chi connectivity index (χ1n) is 19.3. The molecule has 0 aliphatic carbocycles. The van der Waals surface area contributed by atoms with Gasteiger partial charge in [0.25, 0.3) is 11.1 Å². The number of ether oxygens (including phenoxy) is 2. The Morgan fingerprint density at radius 2 is 1.07 bits per heavy atom. The van der Waals surface area contributed by atoms with Gasteiger partial charge in [-0.1, -0.05) is 20.8 Å². The molecule has 0 bridgehead atoms. The molecule has 4 rings (SSSR count). The first kappa shape index (κ1) is 48.4. The van der Waals surface area contributed by atoms with Gasteiger partial charge in [0.1, 0.15) is 24.4 Å². The normalized spacial score (nSPS) is 14.2. The molecule has 19 nitrogen and oxygen atoms in total. The number of aryl methyl sites for hydroxylation is 2. The van der Waals surface area contributed by atoms with Crippen LogP contribution < -0.4 is 20.9 Å². The van der Waals surface area contributed by atoms with Crippen LogP contribution >= 0.6 is 0 Å². The molecule has 2 aromatic heterocycles. The molecule has 4 aromatic rings. The number of carbonyl (C=O) groups excluding carboxylic acids is 2. The molecule has 0 fully saturated rings. The Morgan fingerprint density at radius 3 is 1.42 bits per heavy atom. The van der Waals surface area contributed by atoms with E-state index in [1.54, 1.807) is 38.1 Å². The van der Waals surface area contributed by atoms with Gasteiger partial charge in [-0.25, -0.2) is 19.6 Å². The van der Waals surface area contributed by atoms with Crippen LogP contribution in [0, 0.1) is 19.8 Å². The van der Waals surface area contributed by atoms with Crippen LogP contribution in [0.25, 0.3) is 22.1 Å². The zero-order chi connectivity index (χ0) is 45.5. The summed E-state index contributed by atoms with van der Waals surface area (Å²) in [5.41, 5.74) is 1.67. The molecule has 2 heterocycles. The molecule has 5 N–H and O–H groups in total. The van der Waals surface area contributed by atoms with E-state index in [9.17, 15) is 54.3 Å². The van der Waals surface area contributed by atoms with Gasteiger partial charge >= 0.3 is 23.9 Å². The summed E-state index contributed by atoms with van der Waals surface area (Å²) in [6.07, 6.45) is -4.84. The molecule has 6 unspecified atom stereocenters. The van der Waals surface area contributed by atoms with Crippen LogP contribution in [0.1, 0.15) is 79.6 Å². The van der Waals surface area contributed by atoms with Crippen LogP contribution in [0.2, 0.25) is 0 Å². The van der Waals surface area contributed by atoms with Crippen molar-refractivity contribution in [2.75, 3.05) is 38.0 Å². The van der Waals surface area contributed by atoms with Gasteiger partial charge in [0, 0.05) is 59.3 Å². The largest absolute Gasteiger partial charge is 0.476 e. The maximum Gasteiger partial charge on any atom is 0.360 e. The summed E-state index contributed by atoms with van der Waals surface area (Å²) in [6, 6.07) is 6.81. The standard InChI is InChI=1S/C23H31N3O7.C18H25N3O6/c1-8-19(32-14(4)27)13(3)20(33-15(5)28)11-26-18-10-17(25(6)7)12(2)9-16(18)24-21(22(26)29)23(30)31;1-5-13(22)16(24)14(23)8-21-12-7-11(20(3)4)9(2)6-10(12)19-15(17(21)25)18(26)27/h9-10,13,19-20H,8,11H2,1-7H3,(H,30,31);6-7,13-14,16,22-24H,5,8H2,1-4H3,(H,26,27). The molecule has 2 aromatic carbocycles. The van der Waals surface area contributed by atoms with Crippen LogP contribution in [0.3, 0.4) is 0 Å². The quantitative estimate of drug-likeness (QED) is 0.101. The van der Waals surface area contributed by atoms with Gasteiger partial charge < -0.3 is 53.9 Å². The monoisotopic (exact) mass is 840 g/mol. The first-order chi connectivity index (χ1) is 27.9. The van der Waals surface area contributed by atoms with E-state index < -0.39 is 82.8 Å². The Balaban J connectivity index is 0.000000327. The zero-order valence-electron chi connectivity index (χ0n) is 35.8. The van der Waals surface area contributed by atoms with Gasteiger partial charge in [-0.15, -0.1) is 0 Å². The van der Waals surface area contributed by atoms with E-state index in [2.05, 4.69) is 9.97 Å². The molecule has 60 heavy (non-hydrogen) atoms. The predicted octanol–water partition coefficient (Wildman–Crippen LogP) is 2.34. The Kier molecular flexibility index (Phi) is 16.4. The number of carbonyl (C=O) groups is 4. The number of aromatic carboxylic acids is 2. The number of carboxylic acids is 2. The van der Waals surface area contributed by atoms with Crippen molar-refractivity contribution in [1.82, 2.24) is 19.1 Å². The van der Waals surface area contributed by atoms with E-state index in [1.165, 1.54) is 18.4 Å². The highest BCUT2D eigenvalue weighted by Crippen LogP contribution is 2.27. The number of carboxylic acid groups (broad SMARTS) is 2. The average Bonchev–Trinajstić information content (AvgIpc) is 3.16. The van der Waals surface area contributed by atoms with E-state index >= 15 is 0 Å².